The van der Waals surface area contributed by atoms with E-state index >= 15 is 0 Å². The molecular weight excluding hydrogens is 288 g/mol. The molecule has 0 rings (SSSR count). The Morgan fingerprint density at radius 3 is 2.00 bits per heavy atom. The Morgan fingerprint density at radius 1 is 0.909 bits per heavy atom. The van der Waals surface area contributed by atoms with E-state index in [1.165, 1.54) is 0 Å². The summed E-state index contributed by atoms with van der Waals surface area (Å²) < 4.78 is 20.4. The van der Waals surface area contributed by atoms with Crippen molar-refractivity contribution < 1.29 is 28.5 Å². The highest BCUT2D eigenvalue weighted by atomic mass is 16.6. The molecule has 0 spiro atoms. The molecule has 0 aromatic rings. The van der Waals surface area contributed by atoms with Crippen molar-refractivity contribution in [2.24, 2.45) is 0 Å². The molecule has 0 aliphatic rings. The van der Waals surface area contributed by atoms with Crippen molar-refractivity contribution in [3.05, 3.63) is 25.7 Å². The number of hydrogen-bond acceptors (Lipinski definition) is 6. The molecular formula is C16H26O6. The SMILES string of the molecule is C=COC(=O)COC(C)(C)CCOC(C)(C)CC(=O)OC=C. The third-order valence-electron chi connectivity index (χ3n) is 2.78. The number of esters is 2. The summed E-state index contributed by atoms with van der Waals surface area (Å²) in [4.78, 5) is 22.6. The van der Waals surface area contributed by atoms with Crippen molar-refractivity contribution in [1.29, 1.82) is 0 Å². The van der Waals surface area contributed by atoms with Gasteiger partial charge in [-0.3, -0.25) is 4.79 Å². The Morgan fingerprint density at radius 2 is 1.45 bits per heavy atom. The van der Waals surface area contributed by atoms with Gasteiger partial charge < -0.3 is 18.9 Å². The largest absolute Gasteiger partial charge is 0.435 e. The van der Waals surface area contributed by atoms with E-state index in [9.17, 15) is 9.59 Å². The molecule has 0 saturated heterocycles. The maximum Gasteiger partial charge on any atom is 0.336 e. The van der Waals surface area contributed by atoms with E-state index in [1.807, 2.05) is 13.8 Å². The molecule has 6 heteroatoms. The Labute approximate surface area is 132 Å². The number of carbonyl (C=O) groups excluding carboxylic acids is 2. The van der Waals surface area contributed by atoms with E-state index in [-0.39, 0.29) is 13.0 Å². The van der Waals surface area contributed by atoms with Gasteiger partial charge in [0.15, 0.2) is 0 Å². The summed E-state index contributed by atoms with van der Waals surface area (Å²) in [6.07, 6.45) is 2.82. The van der Waals surface area contributed by atoms with E-state index in [0.717, 1.165) is 12.5 Å². The topological polar surface area (TPSA) is 71.1 Å². The molecule has 0 atom stereocenters. The molecule has 0 aliphatic heterocycles. The summed E-state index contributed by atoms with van der Waals surface area (Å²) in [5.74, 6) is -0.904. The molecule has 22 heavy (non-hydrogen) atoms. The van der Waals surface area contributed by atoms with Crippen LogP contribution in [0.2, 0.25) is 0 Å². The minimum Gasteiger partial charge on any atom is -0.435 e. The molecule has 0 heterocycles. The molecule has 126 valence electrons. The van der Waals surface area contributed by atoms with Crippen LogP contribution in [0.25, 0.3) is 0 Å². The van der Waals surface area contributed by atoms with Crippen LogP contribution in [0.5, 0.6) is 0 Å². The minimum absolute atomic E-state index is 0.117. The Bertz CT molecular complexity index is 397. The van der Waals surface area contributed by atoms with E-state index < -0.39 is 23.1 Å². The van der Waals surface area contributed by atoms with Gasteiger partial charge in [0.25, 0.3) is 0 Å². The average molecular weight is 314 g/mol. The second kappa shape index (κ2) is 9.38. The molecule has 0 amide bonds. The summed E-state index contributed by atoms with van der Waals surface area (Å²) >= 11 is 0. The van der Waals surface area contributed by atoms with E-state index in [4.69, 9.17) is 9.47 Å². The van der Waals surface area contributed by atoms with Crippen molar-refractivity contribution >= 4 is 11.9 Å². The monoisotopic (exact) mass is 314 g/mol. The van der Waals surface area contributed by atoms with Crippen LogP contribution < -0.4 is 0 Å². The van der Waals surface area contributed by atoms with Crippen LogP contribution in [-0.2, 0) is 28.5 Å². The van der Waals surface area contributed by atoms with Crippen molar-refractivity contribution in [3.8, 4) is 0 Å². The molecule has 0 aromatic carbocycles. The highest BCUT2D eigenvalue weighted by Gasteiger charge is 2.26. The van der Waals surface area contributed by atoms with Gasteiger partial charge in [-0.25, -0.2) is 4.79 Å². The Hall–Kier alpha value is -1.66. The fourth-order valence-corrected chi connectivity index (χ4v) is 1.56. The zero-order valence-electron chi connectivity index (χ0n) is 13.8. The predicted octanol–water partition coefficient (Wildman–Crippen LogP) is 2.73. The third kappa shape index (κ3) is 10.1. The van der Waals surface area contributed by atoms with Crippen LogP contribution in [0.15, 0.2) is 25.7 Å². The van der Waals surface area contributed by atoms with Crippen molar-refractivity contribution in [2.45, 2.75) is 51.7 Å². The van der Waals surface area contributed by atoms with Gasteiger partial charge in [-0.15, -0.1) is 0 Å². The molecule has 0 bridgehead atoms. The first-order valence-corrected chi connectivity index (χ1v) is 7.00. The van der Waals surface area contributed by atoms with E-state index in [0.29, 0.717) is 13.0 Å². The lowest BCUT2D eigenvalue weighted by molar-refractivity contribution is -0.152. The van der Waals surface area contributed by atoms with E-state index in [1.54, 1.807) is 13.8 Å². The van der Waals surface area contributed by atoms with Gasteiger partial charge in [0, 0.05) is 0 Å². The standard InChI is InChI=1S/C16H26O6/c1-7-19-13(17)11-16(5,6)21-10-9-15(3,4)22-12-14(18)20-8-2/h7-8H,1-2,9-12H2,3-6H3. The second-order valence-corrected chi connectivity index (χ2v) is 5.90. The molecule has 0 aliphatic carbocycles. The van der Waals surface area contributed by atoms with E-state index in [2.05, 4.69) is 22.6 Å². The van der Waals surface area contributed by atoms with Gasteiger partial charge in [-0.1, -0.05) is 13.2 Å². The lowest BCUT2D eigenvalue weighted by Crippen LogP contribution is -2.33. The van der Waals surface area contributed by atoms with Gasteiger partial charge in [0.1, 0.15) is 6.61 Å². The number of rotatable bonds is 11. The first kappa shape index (κ1) is 20.3. The smallest absolute Gasteiger partial charge is 0.336 e. The van der Waals surface area contributed by atoms with Crippen LogP contribution in [0, 0.1) is 0 Å². The lowest BCUT2D eigenvalue weighted by Gasteiger charge is -2.28. The first-order valence-electron chi connectivity index (χ1n) is 7.00. The molecule has 0 aromatic heterocycles. The minimum atomic E-state index is -0.655. The highest BCUT2D eigenvalue weighted by Crippen LogP contribution is 2.20. The van der Waals surface area contributed by atoms with Crippen LogP contribution in [0.1, 0.15) is 40.5 Å². The Kier molecular flexibility index (Phi) is 8.67. The number of carbonyl (C=O) groups is 2. The normalized spacial score (nSPS) is 11.6. The zero-order chi connectivity index (χ0) is 17.2. The van der Waals surface area contributed by atoms with Gasteiger partial charge in [0.05, 0.1) is 36.8 Å². The number of ether oxygens (including phenoxy) is 4. The fraction of sp³-hybridized carbons (Fsp3) is 0.625. The van der Waals surface area contributed by atoms with Crippen molar-refractivity contribution in [2.75, 3.05) is 13.2 Å². The molecule has 0 saturated carbocycles. The highest BCUT2D eigenvalue weighted by molar-refractivity contribution is 5.71. The lowest BCUT2D eigenvalue weighted by atomic mass is 10.0. The first-order chi connectivity index (χ1) is 10.1. The van der Waals surface area contributed by atoms with Crippen molar-refractivity contribution in [3.63, 3.8) is 0 Å². The van der Waals surface area contributed by atoms with Crippen molar-refractivity contribution in [1.82, 2.24) is 0 Å². The molecule has 0 radical (unpaired) electrons. The molecule has 6 nitrogen and oxygen atoms in total. The summed E-state index contributed by atoms with van der Waals surface area (Å²) in [6.45, 7) is 14.1. The van der Waals surface area contributed by atoms with Crippen LogP contribution in [0.3, 0.4) is 0 Å². The third-order valence-corrected chi connectivity index (χ3v) is 2.78. The van der Waals surface area contributed by atoms with Crippen LogP contribution in [0.4, 0.5) is 0 Å². The van der Waals surface area contributed by atoms with Gasteiger partial charge in [-0.05, 0) is 34.1 Å². The summed E-state index contributed by atoms with van der Waals surface area (Å²) in [5, 5.41) is 0. The van der Waals surface area contributed by atoms with Crippen LogP contribution >= 0.6 is 0 Å². The second-order valence-electron chi connectivity index (χ2n) is 5.90. The maximum absolute atomic E-state index is 11.4. The zero-order valence-corrected chi connectivity index (χ0v) is 13.8. The average Bonchev–Trinajstić information content (AvgIpc) is 2.36. The fourth-order valence-electron chi connectivity index (χ4n) is 1.56. The summed E-state index contributed by atoms with van der Waals surface area (Å²) in [7, 11) is 0. The summed E-state index contributed by atoms with van der Waals surface area (Å²) in [6, 6.07) is 0. The van der Waals surface area contributed by atoms with Gasteiger partial charge in [-0.2, -0.15) is 0 Å². The van der Waals surface area contributed by atoms with Crippen LogP contribution in [-0.4, -0.2) is 36.4 Å². The Balaban J connectivity index is 4.14. The maximum atomic E-state index is 11.4. The number of hydrogen-bond donors (Lipinski definition) is 0. The van der Waals surface area contributed by atoms with Gasteiger partial charge in [0.2, 0.25) is 0 Å². The summed E-state index contributed by atoms with van der Waals surface area (Å²) in [5.41, 5.74) is -1.21. The quantitative estimate of drug-likeness (QED) is 0.431. The van der Waals surface area contributed by atoms with Gasteiger partial charge >= 0.3 is 11.9 Å². The molecule has 0 N–H and O–H groups in total. The molecule has 0 fully saturated rings. The molecule has 0 unspecified atom stereocenters. The predicted molar refractivity (Wildman–Crippen MR) is 81.9 cm³/mol.